The minimum atomic E-state index is -0.145. The van der Waals surface area contributed by atoms with E-state index in [1.807, 2.05) is 37.3 Å². The van der Waals surface area contributed by atoms with E-state index in [0.717, 1.165) is 49.3 Å². The molecule has 2 aliphatic rings. The van der Waals surface area contributed by atoms with Gasteiger partial charge in [-0.15, -0.1) is 0 Å². The zero-order chi connectivity index (χ0) is 18.0. The van der Waals surface area contributed by atoms with E-state index < -0.39 is 0 Å². The van der Waals surface area contributed by atoms with Crippen LogP contribution in [-0.4, -0.2) is 46.3 Å². The first kappa shape index (κ1) is 17.0. The van der Waals surface area contributed by atoms with Gasteiger partial charge in [0, 0.05) is 44.4 Å². The van der Waals surface area contributed by atoms with E-state index in [1.165, 1.54) is 0 Å². The quantitative estimate of drug-likeness (QED) is 0.844. The molecule has 0 bridgehead atoms. The number of likely N-dealkylation sites (tertiary alicyclic amines) is 1. The molecule has 0 radical (unpaired) electrons. The van der Waals surface area contributed by atoms with Crippen molar-refractivity contribution < 1.29 is 9.47 Å². The third-order valence-electron chi connectivity index (χ3n) is 5.05. The highest BCUT2D eigenvalue weighted by Gasteiger charge is 2.48. The van der Waals surface area contributed by atoms with Crippen LogP contribution in [-0.2, 0) is 11.3 Å². The monoisotopic (exact) mass is 350 g/mol. The van der Waals surface area contributed by atoms with E-state index in [-0.39, 0.29) is 11.7 Å². The summed E-state index contributed by atoms with van der Waals surface area (Å²) in [4.78, 5) is 10.9. The maximum absolute atomic E-state index is 9.24. The van der Waals surface area contributed by atoms with Gasteiger partial charge in [-0.2, -0.15) is 5.26 Å². The molecule has 0 unspecified atom stereocenters. The molecule has 0 amide bonds. The molecule has 3 heterocycles. The van der Waals surface area contributed by atoms with E-state index in [1.54, 1.807) is 6.20 Å². The first-order chi connectivity index (χ1) is 12.7. The Hall–Kier alpha value is -2.49. The van der Waals surface area contributed by atoms with Crippen LogP contribution >= 0.6 is 0 Å². The molecule has 0 N–H and O–H groups in total. The van der Waals surface area contributed by atoms with E-state index in [2.05, 4.69) is 20.9 Å². The molecule has 134 valence electrons. The lowest BCUT2D eigenvalue weighted by molar-refractivity contribution is -0.188. The highest BCUT2D eigenvalue weighted by molar-refractivity contribution is 5.37. The van der Waals surface area contributed by atoms with Gasteiger partial charge in [0.2, 0.25) is 0 Å². The third kappa shape index (κ3) is 3.55. The van der Waals surface area contributed by atoms with Gasteiger partial charge in [0.1, 0.15) is 6.10 Å². The van der Waals surface area contributed by atoms with Gasteiger partial charge in [0.05, 0.1) is 23.8 Å². The predicted octanol–water partition coefficient (Wildman–Crippen LogP) is 2.47. The van der Waals surface area contributed by atoms with Gasteiger partial charge in [-0.05, 0) is 24.6 Å². The molecular formula is C20H22N4O2. The average Bonchev–Trinajstić information content (AvgIpc) is 2.61. The number of rotatable bonds is 4. The fraction of sp³-hybridized carbons (Fsp3) is 0.450. The number of hydrogen-bond acceptors (Lipinski definition) is 6. The van der Waals surface area contributed by atoms with Crippen molar-refractivity contribution in [2.45, 2.75) is 38.0 Å². The van der Waals surface area contributed by atoms with Gasteiger partial charge in [-0.25, -0.2) is 9.97 Å². The Morgan fingerprint density at radius 1 is 1.35 bits per heavy atom. The maximum atomic E-state index is 9.24. The standard InChI is InChI=1S/C20H22N4O2/c1-15-6-8-22-19(23-15)26-18-7-9-25-20(10-18)13-24(14-20)12-17-5-3-2-4-16(17)11-21/h2-6,8,18H,7,9-10,12-14H2,1H3/t18-/m1/s1. The highest BCUT2D eigenvalue weighted by atomic mass is 16.5. The molecule has 4 rings (SSSR count). The van der Waals surface area contributed by atoms with Crippen LogP contribution in [0.3, 0.4) is 0 Å². The smallest absolute Gasteiger partial charge is 0.316 e. The number of aryl methyl sites for hydroxylation is 1. The number of ether oxygens (including phenoxy) is 2. The Kier molecular flexibility index (Phi) is 4.58. The van der Waals surface area contributed by atoms with Gasteiger partial charge < -0.3 is 9.47 Å². The molecule has 26 heavy (non-hydrogen) atoms. The van der Waals surface area contributed by atoms with E-state index in [0.29, 0.717) is 12.6 Å². The molecule has 2 aromatic rings. The van der Waals surface area contributed by atoms with Crippen molar-refractivity contribution in [3.8, 4) is 12.1 Å². The van der Waals surface area contributed by atoms with Crippen LogP contribution in [0.2, 0.25) is 0 Å². The second-order valence-electron chi connectivity index (χ2n) is 7.16. The molecule has 2 saturated heterocycles. The van der Waals surface area contributed by atoms with Crippen molar-refractivity contribution in [1.82, 2.24) is 14.9 Å². The summed E-state index contributed by atoms with van der Waals surface area (Å²) < 4.78 is 12.1. The van der Waals surface area contributed by atoms with Gasteiger partial charge in [-0.1, -0.05) is 18.2 Å². The molecule has 1 aromatic carbocycles. The molecule has 0 aliphatic carbocycles. The second-order valence-corrected chi connectivity index (χ2v) is 7.16. The first-order valence-corrected chi connectivity index (χ1v) is 8.96. The Labute approximate surface area is 153 Å². The van der Waals surface area contributed by atoms with Crippen molar-refractivity contribution in [2.75, 3.05) is 19.7 Å². The second kappa shape index (κ2) is 7.02. The summed E-state index contributed by atoms with van der Waals surface area (Å²) in [6.07, 6.45) is 3.51. The topological polar surface area (TPSA) is 71.3 Å². The van der Waals surface area contributed by atoms with Crippen LogP contribution in [0.4, 0.5) is 0 Å². The molecule has 2 aliphatic heterocycles. The Morgan fingerprint density at radius 3 is 3.00 bits per heavy atom. The third-order valence-corrected chi connectivity index (χ3v) is 5.05. The van der Waals surface area contributed by atoms with Crippen molar-refractivity contribution in [2.24, 2.45) is 0 Å². The van der Waals surface area contributed by atoms with Crippen LogP contribution < -0.4 is 4.74 Å². The molecular weight excluding hydrogens is 328 g/mol. The van der Waals surface area contributed by atoms with Crippen LogP contribution in [0.15, 0.2) is 36.5 Å². The van der Waals surface area contributed by atoms with Crippen molar-refractivity contribution >= 4 is 0 Å². The zero-order valence-electron chi connectivity index (χ0n) is 14.9. The molecule has 6 heteroatoms. The summed E-state index contributed by atoms with van der Waals surface area (Å²) >= 11 is 0. The van der Waals surface area contributed by atoms with Gasteiger partial charge >= 0.3 is 6.01 Å². The van der Waals surface area contributed by atoms with Gasteiger partial charge in [0.15, 0.2) is 0 Å². The van der Waals surface area contributed by atoms with Crippen LogP contribution in [0.5, 0.6) is 6.01 Å². The van der Waals surface area contributed by atoms with E-state index >= 15 is 0 Å². The largest absolute Gasteiger partial charge is 0.460 e. The summed E-state index contributed by atoms with van der Waals surface area (Å²) in [5.74, 6) is 0. The summed E-state index contributed by atoms with van der Waals surface area (Å²) in [6.45, 7) is 5.13. The maximum Gasteiger partial charge on any atom is 0.316 e. The fourth-order valence-electron chi connectivity index (χ4n) is 3.82. The average molecular weight is 350 g/mol. The number of hydrogen-bond donors (Lipinski definition) is 0. The first-order valence-electron chi connectivity index (χ1n) is 8.96. The predicted molar refractivity (Wildman–Crippen MR) is 95.5 cm³/mol. The Balaban J connectivity index is 1.35. The van der Waals surface area contributed by atoms with Crippen LogP contribution in [0.1, 0.15) is 29.7 Å². The van der Waals surface area contributed by atoms with E-state index in [9.17, 15) is 5.26 Å². The molecule has 1 atom stereocenters. The lowest BCUT2D eigenvalue weighted by Crippen LogP contribution is -2.65. The summed E-state index contributed by atoms with van der Waals surface area (Å²) in [7, 11) is 0. The van der Waals surface area contributed by atoms with Gasteiger partial charge in [-0.3, -0.25) is 4.90 Å². The number of aromatic nitrogens is 2. The summed E-state index contributed by atoms with van der Waals surface area (Å²) in [6, 6.07) is 12.4. The number of nitriles is 1. The summed E-state index contributed by atoms with van der Waals surface area (Å²) in [5.41, 5.74) is 2.58. The Morgan fingerprint density at radius 2 is 2.19 bits per heavy atom. The molecule has 1 spiro atoms. The molecule has 6 nitrogen and oxygen atoms in total. The van der Waals surface area contributed by atoms with Crippen molar-refractivity contribution in [3.63, 3.8) is 0 Å². The molecule has 1 aromatic heterocycles. The lowest BCUT2D eigenvalue weighted by Gasteiger charge is -2.53. The minimum Gasteiger partial charge on any atom is -0.460 e. The van der Waals surface area contributed by atoms with Crippen molar-refractivity contribution in [3.05, 3.63) is 53.3 Å². The number of benzene rings is 1. The van der Waals surface area contributed by atoms with E-state index in [4.69, 9.17) is 9.47 Å². The zero-order valence-corrected chi connectivity index (χ0v) is 14.9. The summed E-state index contributed by atoms with van der Waals surface area (Å²) in [5, 5.41) is 9.24. The normalized spacial score (nSPS) is 21.8. The lowest BCUT2D eigenvalue weighted by atomic mass is 9.84. The SMILES string of the molecule is Cc1ccnc(O[C@@H]2CCOC3(C2)CN(Cc2ccccc2C#N)C3)n1. The van der Waals surface area contributed by atoms with Crippen LogP contribution in [0.25, 0.3) is 0 Å². The van der Waals surface area contributed by atoms with Gasteiger partial charge in [0.25, 0.3) is 0 Å². The van der Waals surface area contributed by atoms with Crippen LogP contribution in [0, 0.1) is 18.3 Å². The van der Waals surface area contributed by atoms with Crippen molar-refractivity contribution in [1.29, 1.82) is 5.26 Å². The molecule has 2 fully saturated rings. The highest BCUT2D eigenvalue weighted by Crippen LogP contribution is 2.36. The Bertz CT molecular complexity index is 827. The minimum absolute atomic E-state index is 0.0825. The number of nitrogens with zero attached hydrogens (tertiary/aromatic N) is 4. The molecule has 0 saturated carbocycles. The fourth-order valence-corrected chi connectivity index (χ4v) is 3.82.